The molecule has 0 fully saturated rings. The summed E-state index contributed by atoms with van der Waals surface area (Å²) in [5.41, 5.74) is 1.73. The Hall–Kier alpha value is -2.58. The van der Waals surface area contributed by atoms with Crippen LogP contribution in [-0.4, -0.2) is 20.0 Å². The fourth-order valence-corrected chi connectivity index (χ4v) is 3.20. The van der Waals surface area contributed by atoms with Crippen molar-refractivity contribution in [3.63, 3.8) is 0 Å². The average molecular weight is 478 g/mol. The van der Waals surface area contributed by atoms with E-state index in [2.05, 4.69) is 31.2 Å². The number of furan rings is 1. The Kier molecular flexibility index (Phi) is 5.73. The van der Waals surface area contributed by atoms with Gasteiger partial charge in [-0.2, -0.15) is 5.10 Å². The molecule has 4 aromatic rings. The molecule has 0 bridgehead atoms. The van der Waals surface area contributed by atoms with E-state index in [1.807, 2.05) is 48.9 Å². The van der Waals surface area contributed by atoms with Crippen LogP contribution in [0.2, 0.25) is 5.02 Å². The van der Waals surface area contributed by atoms with E-state index in [0.29, 0.717) is 47.9 Å². The highest BCUT2D eigenvalue weighted by molar-refractivity contribution is 9.10. The Morgan fingerprint density at radius 1 is 1.07 bits per heavy atom. The summed E-state index contributed by atoms with van der Waals surface area (Å²) in [6, 6.07) is 11.2. The van der Waals surface area contributed by atoms with Crippen molar-refractivity contribution in [1.29, 1.82) is 0 Å². The molecule has 0 N–H and O–H groups in total. The molecule has 0 saturated heterocycles. The summed E-state index contributed by atoms with van der Waals surface area (Å²) < 4.78 is 20.0. The highest BCUT2D eigenvalue weighted by Gasteiger charge is 2.15. The fraction of sp³-hybridized carbons (Fsp3) is 0.250. The molecule has 1 aromatic carbocycles. The summed E-state index contributed by atoms with van der Waals surface area (Å²) in [6.07, 6.45) is 0.547. The summed E-state index contributed by atoms with van der Waals surface area (Å²) in [5.74, 6) is 2.77. The van der Waals surface area contributed by atoms with Crippen LogP contribution in [0, 0.1) is 13.8 Å². The van der Waals surface area contributed by atoms with Crippen molar-refractivity contribution >= 4 is 27.5 Å². The number of hydrogen-bond acceptors (Lipinski definition) is 6. The number of nitrogens with zero attached hydrogens (tertiary/aromatic N) is 4. The smallest absolute Gasteiger partial charge is 0.283 e. The molecule has 9 heteroatoms. The predicted octanol–water partition coefficient (Wildman–Crippen LogP) is 5.38. The van der Waals surface area contributed by atoms with Gasteiger partial charge in [0.25, 0.3) is 5.89 Å². The van der Waals surface area contributed by atoms with E-state index in [1.165, 1.54) is 0 Å². The summed E-state index contributed by atoms with van der Waals surface area (Å²) in [4.78, 5) is 0. The molecule has 0 unspecified atom stereocenters. The molecule has 0 saturated carbocycles. The van der Waals surface area contributed by atoms with Crippen LogP contribution in [0.5, 0.6) is 5.75 Å². The number of aryl methyl sites for hydroxylation is 3. The van der Waals surface area contributed by atoms with Gasteiger partial charge in [0, 0.05) is 17.4 Å². The maximum absolute atomic E-state index is 6.18. The van der Waals surface area contributed by atoms with Crippen molar-refractivity contribution in [2.24, 2.45) is 0 Å². The minimum atomic E-state index is 0.307. The molecular weight excluding hydrogens is 460 g/mol. The van der Waals surface area contributed by atoms with Crippen LogP contribution in [-0.2, 0) is 19.6 Å². The van der Waals surface area contributed by atoms with Crippen molar-refractivity contribution < 1.29 is 13.6 Å². The van der Waals surface area contributed by atoms with Gasteiger partial charge < -0.3 is 13.6 Å². The zero-order chi connectivity index (χ0) is 20.4. The van der Waals surface area contributed by atoms with E-state index in [4.69, 9.17) is 25.2 Å². The van der Waals surface area contributed by atoms with Crippen LogP contribution < -0.4 is 4.74 Å². The lowest BCUT2D eigenvalue weighted by atomic mass is 10.3. The quantitative estimate of drug-likeness (QED) is 0.355. The third kappa shape index (κ3) is 4.54. The van der Waals surface area contributed by atoms with Crippen molar-refractivity contribution in [3.8, 4) is 17.4 Å². The van der Waals surface area contributed by atoms with Crippen molar-refractivity contribution in [2.45, 2.75) is 33.4 Å². The van der Waals surface area contributed by atoms with Gasteiger partial charge in [-0.05, 0) is 50.2 Å². The first-order valence-corrected chi connectivity index (χ1v) is 10.2. The molecular formula is C20H18BrClN4O3. The molecule has 3 aromatic heterocycles. The topological polar surface area (TPSA) is 79.1 Å². The fourth-order valence-electron chi connectivity index (χ4n) is 2.80. The Labute approximate surface area is 180 Å². The summed E-state index contributed by atoms with van der Waals surface area (Å²) in [6.45, 7) is 4.72. The molecule has 0 aliphatic rings. The first-order chi connectivity index (χ1) is 14.0. The average Bonchev–Trinajstić information content (AvgIpc) is 3.43. The van der Waals surface area contributed by atoms with E-state index < -0.39 is 0 Å². The predicted molar refractivity (Wildman–Crippen MR) is 111 cm³/mol. The second kappa shape index (κ2) is 8.42. The lowest BCUT2D eigenvalue weighted by molar-refractivity contribution is 0.271. The molecule has 0 spiro atoms. The number of aromatic nitrogens is 4. The number of ether oxygens (including phenoxy) is 1. The second-order valence-electron chi connectivity index (χ2n) is 6.47. The maximum Gasteiger partial charge on any atom is 0.283 e. The van der Waals surface area contributed by atoms with Gasteiger partial charge in [-0.1, -0.05) is 27.5 Å². The largest absolute Gasteiger partial charge is 0.486 e. The number of hydrogen-bond donors (Lipinski definition) is 0. The lowest BCUT2D eigenvalue weighted by Gasteiger charge is -2.03. The van der Waals surface area contributed by atoms with Crippen molar-refractivity contribution in [2.75, 3.05) is 0 Å². The van der Waals surface area contributed by atoms with Gasteiger partial charge in [0.05, 0.1) is 16.4 Å². The third-order valence-electron chi connectivity index (χ3n) is 4.36. The Balaban J connectivity index is 1.36. The van der Waals surface area contributed by atoms with Crippen LogP contribution in [0.25, 0.3) is 11.7 Å². The standard InChI is InChI=1S/C20H18BrClN4O3/c1-12-19(22)13(2)26(25-12)10-9-18-23-24-20(29-18)17-8-7-16(28-17)11-27-15-5-3-14(21)4-6-15/h3-8H,9-11H2,1-2H3. The minimum Gasteiger partial charge on any atom is -0.486 e. The third-order valence-corrected chi connectivity index (χ3v) is 5.44. The summed E-state index contributed by atoms with van der Waals surface area (Å²) in [7, 11) is 0. The first kappa shape index (κ1) is 19.7. The maximum atomic E-state index is 6.18. The van der Waals surface area contributed by atoms with E-state index in [1.54, 1.807) is 6.07 Å². The van der Waals surface area contributed by atoms with Gasteiger partial charge in [-0.25, -0.2) is 0 Å². The molecule has 4 rings (SSSR count). The molecule has 0 aliphatic heterocycles. The van der Waals surface area contributed by atoms with E-state index in [0.717, 1.165) is 21.6 Å². The van der Waals surface area contributed by atoms with Gasteiger partial charge in [0.1, 0.15) is 18.1 Å². The molecule has 29 heavy (non-hydrogen) atoms. The van der Waals surface area contributed by atoms with E-state index >= 15 is 0 Å². The normalized spacial score (nSPS) is 11.2. The van der Waals surface area contributed by atoms with Crippen molar-refractivity contribution in [3.05, 3.63) is 68.9 Å². The molecule has 0 amide bonds. The molecule has 150 valence electrons. The second-order valence-corrected chi connectivity index (χ2v) is 7.76. The molecule has 0 aliphatic carbocycles. The van der Waals surface area contributed by atoms with Gasteiger partial charge in [-0.3, -0.25) is 4.68 Å². The zero-order valence-electron chi connectivity index (χ0n) is 15.9. The number of halogens is 2. The SMILES string of the molecule is Cc1nn(CCc2nnc(-c3ccc(COc4ccc(Br)cc4)o3)o2)c(C)c1Cl. The van der Waals surface area contributed by atoms with Crippen LogP contribution in [0.3, 0.4) is 0 Å². The van der Waals surface area contributed by atoms with Crippen LogP contribution in [0.4, 0.5) is 0 Å². The Bertz CT molecular complexity index is 1120. The Morgan fingerprint density at radius 2 is 1.86 bits per heavy atom. The van der Waals surface area contributed by atoms with E-state index in [9.17, 15) is 0 Å². The molecule has 0 radical (unpaired) electrons. The van der Waals surface area contributed by atoms with Gasteiger partial charge in [-0.15, -0.1) is 10.2 Å². The number of rotatable bonds is 7. The molecule has 0 atom stereocenters. The molecule has 3 heterocycles. The highest BCUT2D eigenvalue weighted by Crippen LogP contribution is 2.24. The van der Waals surface area contributed by atoms with Crippen LogP contribution in [0.15, 0.2) is 49.7 Å². The van der Waals surface area contributed by atoms with Gasteiger partial charge in [0.15, 0.2) is 5.76 Å². The van der Waals surface area contributed by atoms with Gasteiger partial charge in [0.2, 0.25) is 5.89 Å². The first-order valence-electron chi connectivity index (χ1n) is 8.99. The molecule has 7 nitrogen and oxygen atoms in total. The van der Waals surface area contributed by atoms with E-state index in [-0.39, 0.29) is 0 Å². The highest BCUT2D eigenvalue weighted by atomic mass is 79.9. The monoisotopic (exact) mass is 476 g/mol. The summed E-state index contributed by atoms with van der Waals surface area (Å²) >= 11 is 9.58. The van der Waals surface area contributed by atoms with Crippen LogP contribution in [0.1, 0.15) is 23.0 Å². The Morgan fingerprint density at radius 3 is 2.59 bits per heavy atom. The zero-order valence-corrected chi connectivity index (χ0v) is 18.2. The summed E-state index contributed by atoms with van der Waals surface area (Å²) in [5, 5.41) is 13.3. The van der Waals surface area contributed by atoms with Gasteiger partial charge >= 0.3 is 0 Å². The van der Waals surface area contributed by atoms with Crippen LogP contribution >= 0.6 is 27.5 Å². The number of benzene rings is 1. The minimum absolute atomic E-state index is 0.307. The van der Waals surface area contributed by atoms with Crippen molar-refractivity contribution in [1.82, 2.24) is 20.0 Å². The lowest BCUT2D eigenvalue weighted by Crippen LogP contribution is -2.05.